The van der Waals surface area contributed by atoms with Gasteiger partial charge >= 0.3 is 0 Å². The van der Waals surface area contributed by atoms with Crippen LogP contribution in [-0.2, 0) is 0 Å². The minimum atomic E-state index is 0.824. The highest BCUT2D eigenvalue weighted by molar-refractivity contribution is 6.23. The van der Waals surface area contributed by atoms with E-state index in [1.165, 1.54) is 65.3 Å². The maximum atomic E-state index is 5.43. The van der Waals surface area contributed by atoms with Crippen molar-refractivity contribution in [2.75, 3.05) is 0 Å². The van der Waals surface area contributed by atoms with Gasteiger partial charge in [-0.25, -0.2) is 9.97 Å². The van der Waals surface area contributed by atoms with E-state index in [9.17, 15) is 0 Å². The third-order valence-electron chi connectivity index (χ3n) is 12.0. The highest BCUT2D eigenvalue weighted by Gasteiger charge is 2.23. The molecule has 57 heavy (non-hydrogen) atoms. The molecule has 13 aromatic rings. The largest absolute Gasteiger partial charge is 0.309 e. The van der Waals surface area contributed by atoms with Crippen LogP contribution in [0.25, 0.3) is 116 Å². The summed E-state index contributed by atoms with van der Waals surface area (Å²) in [6, 6.07) is 67.7. The van der Waals surface area contributed by atoms with Crippen molar-refractivity contribution in [1.29, 1.82) is 0 Å². The molecule has 13 rings (SSSR count). The number of benzene rings is 9. The van der Waals surface area contributed by atoms with E-state index in [1.54, 1.807) is 0 Å². The molecule has 0 radical (unpaired) electrons. The number of imidazole rings is 1. The smallest absolute Gasteiger partial charge is 0.221 e. The maximum absolute atomic E-state index is 5.43. The van der Waals surface area contributed by atoms with Crippen LogP contribution in [-0.4, -0.2) is 23.5 Å². The zero-order valence-electron chi connectivity index (χ0n) is 30.6. The molecule has 0 unspecified atom stereocenters. The topological polar surface area (TPSA) is 40.0 Å². The quantitative estimate of drug-likeness (QED) is 0.182. The molecule has 0 spiro atoms. The lowest BCUT2D eigenvalue weighted by Gasteiger charge is -2.15. The van der Waals surface area contributed by atoms with Crippen LogP contribution in [0.4, 0.5) is 0 Å². The van der Waals surface area contributed by atoms with E-state index in [0.717, 1.165) is 50.3 Å². The first-order valence-electron chi connectivity index (χ1n) is 19.4. The summed E-state index contributed by atoms with van der Waals surface area (Å²) < 4.78 is 7.01. The standard InChI is InChI=1S/C52H31N5/c1-2-14-35-32(13-1)27-30-48-49(35)40-19-7-11-23-46(40)55(48)34-28-25-33(26-29-34)41-31-42-37-16-6-10-22-45(37)56(50(42)38-17-4-3-15-36(38)41)52-54-43-20-8-5-18-39(43)51-53-44-21-9-12-24-47(44)57(51)52/h1-31H. The Hall–Kier alpha value is -7.76. The van der Waals surface area contributed by atoms with Gasteiger partial charge < -0.3 is 4.57 Å². The first-order chi connectivity index (χ1) is 28.3. The first kappa shape index (κ1) is 30.6. The fourth-order valence-corrected chi connectivity index (χ4v) is 9.55. The Morgan fingerprint density at radius 1 is 0.368 bits per heavy atom. The lowest BCUT2D eigenvalue weighted by atomic mass is 9.95. The van der Waals surface area contributed by atoms with Gasteiger partial charge in [0.05, 0.1) is 38.6 Å². The van der Waals surface area contributed by atoms with Gasteiger partial charge in [-0.15, -0.1) is 0 Å². The molecule has 0 aliphatic carbocycles. The predicted octanol–water partition coefficient (Wildman–Crippen LogP) is 13.2. The fourth-order valence-electron chi connectivity index (χ4n) is 9.55. The molecule has 0 amide bonds. The van der Waals surface area contributed by atoms with Gasteiger partial charge in [0.25, 0.3) is 0 Å². The summed E-state index contributed by atoms with van der Waals surface area (Å²) in [5.74, 6) is 0.824. The molecule has 0 atom stereocenters. The lowest BCUT2D eigenvalue weighted by molar-refractivity contribution is 0.982. The van der Waals surface area contributed by atoms with Crippen molar-refractivity contribution in [2.45, 2.75) is 0 Å². The Morgan fingerprint density at radius 3 is 1.79 bits per heavy atom. The third kappa shape index (κ3) is 4.17. The molecule has 0 bridgehead atoms. The fraction of sp³-hybridized carbons (Fsp3) is 0. The van der Waals surface area contributed by atoms with Gasteiger partial charge in [0, 0.05) is 38.0 Å². The van der Waals surface area contributed by atoms with Crippen LogP contribution in [0, 0.1) is 0 Å². The SMILES string of the molecule is c1ccc2c(c1)ccc1c2c2ccccc2n1-c1ccc(-c2cc3c4ccccc4n(-c4nc5ccccc5c5nc6ccccc6n45)c3c3ccccc23)cc1. The number of rotatable bonds is 3. The van der Waals surface area contributed by atoms with E-state index in [0.29, 0.717) is 0 Å². The predicted molar refractivity (Wildman–Crippen MR) is 237 cm³/mol. The molecular weight excluding hydrogens is 695 g/mol. The summed E-state index contributed by atoms with van der Waals surface area (Å²) in [4.78, 5) is 10.6. The molecule has 264 valence electrons. The van der Waals surface area contributed by atoms with Crippen LogP contribution in [0.5, 0.6) is 0 Å². The molecule has 0 aliphatic rings. The zero-order valence-corrected chi connectivity index (χ0v) is 30.6. The van der Waals surface area contributed by atoms with Crippen LogP contribution in [0.2, 0.25) is 0 Å². The van der Waals surface area contributed by atoms with E-state index >= 15 is 0 Å². The van der Waals surface area contributed by atoms with Crippen molar-refractivity contribution in [1.82, 2.24) is 23.5 Å². The Balaban J connectivity index is 1.07. The van der Waals surface area contributed by atoms with Gasteiger partial charge in [-0.3, -0.25) is 8.97 Å². The molecule has 5 heteroatoms. The van der Waals surface area contributed by atoms with E-state index in [2.05, 4.69) is 202 Å². The molecule has 0 saturated carbocycles. The summed E-state index contributed by atoms with van der Waals surface area (Å²) in [5, 5.41) is 10.9. The van der Waals surface area contributed by atoms with Crippen LogP contribution in [0.15, 0.2) is 188 Å². The summed E-state index contributed by atoms with van der Waals surface area (Å²) in [7, 11) is 0. The van der Waals surface area contributed by atoms with Crippen molar-refractivity contribution < 1.29 is 0 Å². The van der Waals surface area contributed by atoms with Crippen molar-refractivity contribution in [3.63, 3.8) is 0 Å². The Bertz CT molecular complexity index is 3810. The first-order valence-corrected chi connectivity index (χ1v) is 19.4. The van der Waals surface area contributed by atoms with Crippen LogP contribution in [0.1, 0.15) is 0 Å². The monoisotopic (exact) mass is 725 g/mol. The Morgan fingerprint density at radius 2 is 0.982 bits per heavy atom. The van der Waals surface area contributed by atoms with Crippen LogP contribution >= 0.6 is 0 Å². The molecule has 5 nitrogen and oxygen atoms in total. The van der Waals surface area contributed by atoms with Crippen LogP contribution in [0.3, 0.4) is 0 Å². The van der Waals surface area contributed by atoms with E-state index in [-0.39, 0.29) is 0 Å². The molecular formula is C52H31N5. The van der Waals surface area contributed by atoms with Gasteiger partial charge in [-0.1, -0.05) is 127 Å². The van der Waals surface area contributed by atoms with E-state index < -0.39 is 0 Å². The summed E-state index contributed by atoms with van der Waals surface area (Å²) in [5.41, 5.74) is 12.0. The average Bonchev–Trinajstić information content (AvgIpc) is 3.95. The number of para-hydroxylation sites is 5. The van der Waals surface area contributed by atoms with Crippen molar-refractivity contribution in [3.05, 3.63) is 188 Å². The van der Waals surface area contributed by atoms with Gasteiger partial charge in [-0.05, 0) is 87.9 Å². The molecule has 0 fully saturated rings. The highest BCUT2D eigenvalue weighted by Crippen LogP contribution is 2.43. The molecule has 0 aliphatic heterocycles. The van der Waals surface area contributed by atoms with Gasteiger partial charge in [0.2, 0.25) is 5.95 Å². The number of aromatic nitrogens is 5. The van der Waals surface area contributed by atoms with Gasteiger partial charge in [0.15, 0.2) is 0 Å². The Labute approximate surface area is 325 Å². The molecule has 4 heterocycles. The van der Waals surface area contributed by atoms with Gasteiger partial charge in [-0.2, -0.15) is 0 Å². The second-order valence-corrected chi connectivity index (χ2v) is 15.0. The number of nitrogens with zero attached hydrogens (tertiary/aromatic N) is 5. The minimum Gasteiger partial charge on any atom is -0.309 e. The van der Waals surface area contributed by atoms with E-state index in [4.69, 9.17) is 9.97 Å². The molecule has 0 N–H and O–H groups in total. The Kier molecular flexibility index (Phi) is 6.10. The number of hydrogen-bond acceptors (Lipinski definition) is 2. The minimum absolute atomic E-state index is 0.824. The van der Waals surface area contributed by atoms with Gasteiger partial charge in [0.1, 0.15) is 5.65 Å². The maximum Gasteiger partial charge on any atom is 0.221 e. The highest BCUT2D eigenvalue weighted by atomic mass is 15.2. The van der Waals surface area contributed by atoms with Crippen molar-refractivity contribution in [3.8, 4) is 22.8 Å². The summed E-state index contributed by atoms with van der Waals surface area (Å²) in [6.45, 7) is 0. The third-order valence-corrected chi connectivity index (χ3v) is 12.0. The molecule has 4 aromatic heterocycles. The number of fused-ring (bicyclic) bond motifs is 15. The normalized spacial score (nSPS) is 12.2. The zero-order chi connectivity index (χ0) is 37.2. The van der Waals surface area contributed by atoms with Crippen molar-refractivity contribution >= 4 is 92.7 Å². The van der Waals surface area contributed by atoms with Crippen molar-refractivity contribution in [2.24, 2.45) is 0 Å². The summed E-state index contributed by atoms with van der Waals surface area (Å²) >= 11 is 0. The molecule has 9 aromatic carbocycles. The van der Waals surface area contributed by atoms with E-state index in [1.807, 2.05) is 0 Å². The number of hydrogen-bond donors (Lipinski definition) is 0. The second kappa shape index (κ2) is 11.4. The second-order valence-electron chi connectivity index (χ2n) is 15.0. The molecule has 0 saturated heterocycles. The van der Waals surface area contributed by atoms with Crippen LogP contribution < -0.4 is 0 Å². The lowest BCUT2D eigenvalue weighted by Crippen LogP contribution is -2.06. The average molecular weight is 726 g/mol. The summed E-state index contributed by atoms with van der Waals surface area (Å²) in [6.07, 6.45) is 0.